The zero-order valence-electron chi connectivity index (χ0n) is 11.8. The summed E-state index contributed by atoms with van der Waals surface area (Å²) in [5.41, 5.74) is 4.01. The molecule has 1 unspecified atom stereocenters. The zero-order valence-corrected chi connectivity index (χ0v) is 15.5. The van der Waals surface area contributed by atoms with Gasteiger partial charge < -0.3 is 5.32 Å². The molecule has 2 aromatic carbocycles. The van der Waals surface area contributed by atoms with Gasteiger partial charge >= 0.3 is 0 Å². The first kappa shape index (κ1) is 16.0. The Hall–Kier alpha value is -0.390. The van der Waals surface area contributed by atoms with Crippen LogP contribution < -0.4 is 5.32 Å². The van der Waals surface area contributed by atoms with Gasteiger partial charge in [0.2, 0.25) is 0 Å². The minimum atomic E-state index is 0.232. The van der Waals surface area contributed by atoms with E-state index in [0.717, 1.165) is 17.4 Å². The molecule has 0 aliphatic heterocycles. The highest BCUT2D eigenvalue weighted by molar-refractivity contribution is 14.1. The first-order valence-corrected chi connectivity index (χ1v) is 8.80. The predicted octanol–water partition coefficient (Wildman–Crippen LogP) is 5.32. The van der Waals surface area contributed by atoms with Crippen LogP contribution in [-0.4, -0.2) is 6.54 Å². The molecule has 0 fully saturated rings. The molecule has 1 atom stereocenters. The highest BCUT2D eigenvalue weighted by Crippen LogP contribution is 2.30. The van der Waals surface area contributed by atoms with Crippen molar-refractivity contribution in [1.29, 1.82) is 0 Å². The highest BCUT2D eigenvalue weighted by atomic mass is 127. The number of rotatable bonds is 5. The Morgan fingerprint density at radius 3 is 2.65 bits per heavy atom. The first-order chi connectivity index (χ1) is 9.65. The Morgan fingerprint density at radius 2 is 1.95 bits per heavy atom. The molecule has 0 aliphatic rings. The predicted molar refractivity (Wildman–Crippen MR) is 98.2 cm³/mol. The van der Waals surface area contributed by atoms with Gasteiger partial charge in [-0.05, 0) is 70.4 Å². The minimum absolute atomic E-state index is 0.232. The lowest BCUT2D eigenvalue weighted by Gasteiger charge is -2.21. The second kappa shape index (κ2) is 7.57. The molecule has 0 saturated carbocycles. The quantitative estimate of drug-likeness (QED) is 0.617. The van der Waals surface area contributed by atoms with Crippen LogP contribution in [0.15, 0.2) is 46.9 Å². The summed E-state index contributed by atoms with van der Waals surface area (Å²) < 4.78 is 2.42. The molecule has 0 aliphatic carbocycles. The van der Waals surface area contributed by atoms with Crippen LogP contribution in [0.25, 0.3) is 0 Å². The lowest BCUT2D eigenvalue weighted by Crippen LogP contribution is -2.22. The highest BCUT2D eigenvalue weighted by Gasteiger charge is 2.16. The normalized spacial score (nSPS) is 12.4. The Kier molecular flexibility index (Phi) is 6.05. The topological polar surface area (TPSA) is 12.0 Å². The van der Waals surface area contributed by atoms with Gasteiger partial charge in [-0.1, -0.05) is 54.0 Å². The Balaban J connectivity index is 2.46. The van der Waals surface area contributed by atoms with Gasteiger partial charge in [-0.25, -0.2) is 0 Å². The van der Waals surface area contributed by atoms with E-state index in [1.54, 1.807) is 0 Å². The van der Waals surface area contributed by atoms with E-state index in [9.17, 15) is 0 Å². The van der Waals surface area contributed by atoms with Gasteiger partial charge in [-0.3, -0.25) is 0 Å². The standard InChI is InChI=1S/C17H19BrIN/c1-3-12-6-5-7-13(10-12)17(20-4-2)15-11-14(19)8-9-16(15)18/h5-11,17,20H,3-4H2,1-2H3. The van der Waals surface area contributed by atoms with E-state index >= 15 is 0 Å². The van der Waals surface area contributed by atoms with Gasteiger partial charge in [0, 0.05) is 8.04 Å². The molecule has 1 N–H and O–H groups in total. The maximum Gasteiger partial charge on any atom is 0.0588 e. The fourth-order valence-electron chi connectivity index (χ4n) is 2.34. The summed E-state index contributed by atoms with van der Waals surface area (Å²) in [5.74, 6) is 0. The van der Waals surface area contributed by atoms with Crippen molar-refractivity contribution < 1.29 is 0 Å². The second-order valence-electron chi connectivity index (χ2n) is 4.76. The number of hydrogen-bond acceptors (Lipinski definition) is 1. The molecule has 0 saturated heterocycles. The fraction of sp³-hybridized carbons (Fsp3) is 0.294. The molecule has 3 heteroatoms. The molecule has 20 heavy (non-hydrogen) atoms. The molecule has 0 bridgehead atoms. The maximum absolute atomic E-state index is 3.69. The van der Waals surface area contributed by atoms with Crippen molar-refractivity contribution in [2.45, 2.75) is 26.3 Å². The van der Waals surface area contributed by atoms with Gasteiger partial charge in [0.15, 0.2) is 0 Å². The summed E-state index contributed by atoms with van der Waals surface area (Å²) >= 11 is 6.06. The second-order valence-corrected chi connectivity index (χ2v) is 6.86. The molecule has 0 spiro atoms. The summed E-state index contributed by atoms with van der Waals surface area (Å²) in [7, 11) is 0. The molecule has 0 radical (unpaired) electrons. The van der Waals surface area contributed by atoms with Gasteiger partial charge in [0.1, 0.15) is 0 Å². The number of hydrogen-bond donors (Lipinski definition) is 1. The van der Waals surface area contributed by atoms with E-state index in [1.807, 2.05) is 0 Å². The van der Waals surface area contributed by atoms with E-state index in [4.69, 9.17) is 0 Å². The average molecular weight is 444 g/mol. The van der Waals surface area contributed by atoms with E-state index in [0.29, 0.717) is 0 Å². The van der Waals surface area contributed by atoms with Crippen molar-refractivity contribution in [3.8, 4) is 0 Å². The molecule has 0 amide bonds. The van der Waals surface area contributed by atoms with Crippen molar-refractivity contribution in [2.75, 3.05) is 6.54 Å². The zero-order chi connectivity index (χ0) is 14.5. The summed E-state index contributed by atoms with van der Waals surface area (Å²) in [5, 5.41) is 3.60. The molecule has 2 aromatic rings. The summed E-state index contributed by atoms with van der Waals surface area (Å²) in [6.45, 7) is 5.29. The SMILES string of the molecule is CCNC(c1cccc(CC)c1)c1cc(I)ccc1Br. The van der Waals surface area contributed by atoms with Gasteiger partial charge in [-0.2, -0.15) is 0 Å². The largest absolute Gasteiger partial charge is 0.306 e. The monoisotopic (exact) mass is 443 g/mol. The molecule has 2 rings (SSSR count). The van der Waals surface area contributed by atoms with Crippen molar-refractivity contribution in [1.82, 2.24) is 5.32 Å². The molecule has 0 aromatic heterocycles. The van der Waals surface area contributed by atoms with E-state index < -0.39 is 0 Å². The van der Waals surface area contributed by atoms with Crippen LogP contribution in [0, 0.1) is 3.57 Å². The van der Waals surface area contributed by atoms with E-state index in [1.165, 1.54) is 20.3 Å². The lowest BCUT2D eigenvalue weighted by molar-refractivity contribution is 0.627. The van der Waals surface area contributed by atoms with Gasteiger partial charge in [0.25, 0.3) is 0 Å². The summed E-state index contributed by atoms with van der Waals surface area (Å²) in [6, 6.07) is 15.6. The van der Waals surface area contributed by atoms with Crippen molar-refractivity contribution >= 4 is 38.5 Å². The summed E-state index contributed by atoms with van der Waals surface area (Å²) in [6.07, 6.45) is 1.07. The first-order valence-electron chi connectivity index (χ1n) is 6.92. The van der Waals surface area contributed by atoms with Crippen molar-refractivity contribution in [2.24, 2.45) is 0 Å². The fourth-order valence-corrected chi connectivity index (χ4v) is 3.33. The van der Waals surface area contributed by atoms with Crippen LogP contribution in [0.1, 0.15) is 36.6 Å². The van der Waals surface area contributed by atoms with Crippen LogP contribution in [0.3, 0.4) is 0 Å². The van der Waals surface area contributed by atoms with Crippen LogP contribution >= 0.6 is 38.5 Å². The Morgan fingerprint density at radius 1 is 1.15 bits per heavy atom. The number of nitrogens with one attached hydrogen (secondary N) is 1. The Labute approximate surface area is 143 Å². The van der Waals surface area contributed by atoms with Gasteiger partial charge in [-0.15, -0.1) is 0 Å². The van der Waals surface area contributed by atoms with Crippen LogP contribution in [-0.2, 0) is 6.42 Å². The Bertz CT molecular complexity index is 583. The molecule has 1 nitrogen and oxygen atoms in total. The molecule has 0 heterocycles. The third-order valence-electron chi connectivity index (χ3n) is 3.37. The molecular weight excluding hydrogens is 425 g/mol. The van der Waals surface area contributed by atoms with E-state index in [-0.39, 0.29) is 6.04 Å². The average Bonchev–Trinajstić information content (AvgIpc) is 2.47. The lowest BCUT2D eigenvalue weighted by atomic mass is 9.96. The van der Waals surface area contributed by atoms with Gasteiger partial charge in [0.05, 0.1) is 6.04 Å². The number of aryl methyl sites for hydroxylation is 1. The van der Waals surface area contributed by atoms with Crippen LogP contribution in [0.5, 0.6) is 0 Å². The number of halogens is 2. The maximum atomic E-state index is 3.69. The number of benzene rings is 2. The third-order valence-corrected chi connectivity index (χ3v) is 4.76. The third kappa shape index (κ3) is 3.83. The molecular formula is C17H19BrIN. The molecule has 106 valence electrons. The van der Waals surface area contributed by atoms with E-state index in [2.05, 4.69) is 100 Å². The van der Waals surface area contributed by atoms with Crippen LogP contribution in [0.4, 0.5) is 0 Å². The van der Waals surface area contributed by atoms with Crippen LogP contribution in [0.2, 0.25) is 0 Å². The van der Waals surface area contributed by atoms with Crippen molar-refractivity contribution in [3.05, 3.63) is 67.2 Å². The smallest absolute Gasteiger partial charge is 0.0588 e. The minimum Gasteiger partial charge on any atom is -0.306 e. The summed E-state index contributed by atoms with van der Waals surface area (Å²) in [4.78, 5) is 0. The van der Waals surface area contributed by atoms with Crippen molar-refractivity contribution in [3.63, 3.8) is 0 Å².